The minimum Gasteiger partial charge on any atom is -0.429 e. The normalized spacial score (nSPS) is 22.1. The zero-order chi connectivity index (χ0) is 33.7. The summed E-state index contributed by atoms with van der Waals surface area (Å²) in [6.07, 6.45) is 7.44. The van der Waals surface area contributed by atoms with E-state index in [1.54, 1.807) is 6.07 Å². The molecule has 0 N–H and O–H groups in total. The van der Waals surface area contributed by atoms with Crippen LogP contribution in [0.4, 0.5) is 35.1 Å². The lowest BCUT2D eigenvalue weighted by molar-refractivity contribution is -0.131. The highest BCUT2D eigenvalue weighted by atomic mass is 19.3. The van der Waals surface area contributed by atoms with Crippen LogP contribution >= 0.6 is 0 Å². The predicted molar refractivity (Wildman–Crippen MR) is 164 cm³/mol. The Kier molecular flexibility index (Phi) is 11.3. The average molecular weight is 667 g/mol. The van der Waals surface area contributed by atoms with Crippen LogP contribution in [-0.4, -0.2) is 18.8 Å². The lowest BCUT2D eigenvalue weighted by Crippen LogP contribution is -2.34. The molecule has 2 aliphatic rings. The van der Waals surface area contributed by atoms with Crippen LogP contribution in [0.15, 0.2) is 48.5 Å². The van der Waals surface area contributed by atoms with Crippen molar-refractivity contribution in [3.63, 3.8) is 0 Å². The van der Waals surface area contributed by atoms with E-state index in [2.05, 4.69) is 11.7 Å². The molecule has 2 unspecified atom stereocenters. The molecule has 5 rings (SSSR count). The summed E-state index contributed by atoms with van der Waals surface area (Å²) in [5.74, 6) is -8.26. The van der Waals surface area contributed by atoms with E-state index in [1.165, 1.54) is 44.2 Å². The highest BCUT2D eigenvalue weighted by Gasteiger charge is 2.33. The molecule has 1 saturated carbocycles. The highest BCUT2D eigenvalue weighted by Crippen LogP contribution is 2.41. The minimum absolute atomic E-state index is 0.0246. The predicted octanol–water partition coefficient (Wildman–Crippen LogP) is 11.5. The van der Waals surface area contributed by atoms with E-state index in [9.17, 15) is 30.7 Å². The largest absolute Gasteiger partial charge is 0.429 e. The van der Waals surface area contributed by atoms with Crippen molar-refractivity contribution in [1.29, 1.82) is 0 Å². The van der Waals surface area contributed by atoms with Gasteiger partial charge in [-0.3, -0.25) is 0 Å². The summed E-state index contributed by atoms with van der Waals surface area (Å²) in [5.41, 5.74) is -0.216. The molecule has 1 aliphatic heterocycles. The molecule has 1 saturated heterocycles. The van der Waals surface area contributed by atoms with Gasteiger partial charge in [0.1, 0.15) is 23.2 Å². The lowest BCUT2D eigenvalue weighted by atomic mass is 9.75. The first-order chi connectivity index (χ1) is 22.4. The number of ether oxygens (including phenoxy) is 2. The third-order valence-corrected chi connectivity index (χ3v) is 9.43. The van der Waals surface area contributed by atoms with E-state index >= 15 is 4.39 Å². The molecule has 0 bridgehead atoms. The van der Waals surface area contributed by atoms with Gasteiger partial charge in [0.2, 0.25) is 0 Å². The fourth-order valence-electron chi connectivity index (χ4n) is 6.81. The highest BCUT2D eigenvalue weighted by molar-refractivity contribution is 5.67. The first-order valence-corrected chi connectivity index (χ1v) is 16.2. The van der Waals surface area contributed by atoms with E-state index in [1.807, 2.05) is 0 Å². The third kappa shape index (κ3) is 8.75. The van der Waals surface area contributed by atoms with Gasteiger partial charge in [0, 0.05) is 35.9 Å². The average Bonchev–Trinajstić information content (AvgIpc) is 3.03. The smallest absolute Gasteiger partial charge is 0.419 e. The summed E-state index contributed by atoms with van der Waals surface area (Å²) in [6.45, 7) is 3.05. The molecule has 47 heavy (non-hydrogen) atoms. The molecule has 1 heterocycles. The van der Waals surface area contributed by atoms with Crippen molar-refractivity contribution in [2.24, 2.45) is 11.8 Å². The van der Waals surface area contributed by atoms with Crippen molar-refractivity contribution < 1.29 is 44.6 Å². The number of halogens is 8. The first kappa shape index (κ1) is 34.9. The van der Waals surface area contributed by atoms with E-state index in [0.717, 1.165) is 56.4 Å². The second-order valence-electron chi connectivity index (χ2n) is 12.7. The molecule has 0 amide bonds. The zero-order valence-corrected chi connectivity index (χ0v) is 26.1. The summed E-state index contributed by atoms with van der Waals surface area (Å²) in [5, 5.41) is 0. The Balaban J connectivity index is 1.19. The minimum atomic E-state index is -4.27. The van der Waals surface area contributed by atoms with Gasteiger partial charge in [0.05, 0.1) is 6.10 Å². The Bertz CT molecular complexity index is 1510. The molecule has 3 aromatic carbocycles. The van der Waals surface area contributed by atoms with Crippen LogP contribution in [0, 0.1) is 46.7 Å². The second kappa shape index (κ2) is 15.2. The Hall–Kier alpha value is -3.40. The van der Waals surface area contributed by atoms with Crippen LogP contribution in [0.25, 0.3) is 17.2 Å². The van der Waals surface area contributed by atoms with Crippen molar-refractivity contribution in [3.8, 4) is 16.9 Å². The molecule has 3 aromatic rings. The van der Waals surface area contributed by atoms with Crippen LogP contribution in [0.5, 0.6) is 5.75 Å². The van der Waals surface area contributed by atoms with E-state index in [0.29, 0.717) is 17.9 Å². The fourth-order valence-corrected chi connectivity index (χ4v) is 6.81. The van der Waals surface area contributed by atoms with Gasteiger partial charge in [-0.15, -0.1) is 0 Å². The van der Waals surface area contributed by atoms with Crippen LogP contribution in [0.1, 0.15) is 88.2 Å². The second-order valence-corrected chi connectivity index (χ2v) is 12.7. The molecule has 0 radical (unpaired) electrons. The number of alkyl halides is 2. The zero-order valence-electron chi connectivity index (χ0n) is 26.1. The molecule has 2 nitrogen and oxygen atoms in total. The number of benzene rings is 3. The topological polar surface area (TPSA) is 18.5 Å². The number of hydrogen-bond donors (Lipinski definition) is 0. The quantitative estimate of drug-likeness (QED) is 0.115. The molecule has 2 fully saturated rings. The van der Waals surface area contributed by atoms with Crippen LogP contribution in [0.2, 0.25) is 0 Å². The van der Waals surface area contributed by atoms with E-state index in [-0.39, 0.29) is 41.4 Å². The van der Waals surface area contributed by atoms with Crippen molar-refractivity contribution >= 4 is 6.08 Å². The molecular weight excluding hydrogens is 628 g/mol. The monoisotopic (exact) mass is 666 g/mol. The lowest BCUT2D eigenvalue weighted by Gasteiger charge is -2.38. The van der Waals surface area contributed by atoms with Gasteiger partial charge < -0.3 is 9.47 Å². The van der Waals surface area contributed by atoms with Crippen LogP contribution in [-0.2, 0) is 4.74 Å². The van der Waals surface area contributed by atoms with E-state index < -0.39 is 52.3 Å². The Labute approximate surface area is 269 Å². The Morgan fingerprint density at radius 3 is 2.06 bits per heavy atom. The number of hydrogen-bond acceptors (Lipinski definition) is 2. The standard InChI is InChI=1S/C37H38F8O2/c1-2-3-4-5-22-6-13-35(46-21-22)24-9-7-23(8-10-24)25-11-12-28(30(38)16-25)26-17-31(39)29(32(40)18-26)14-15-37(44,45)47-27-19-33(41)36(43)34(42)20-27/h11-12,14-20,22-24,35H,2-10,13,21H2,1H3. The van der Waals surface area contributed by atoms with Gasteiger partial charge in [0.15, 0.2) is 17.5 Å². The molecule has 2 atom stereocenters. The molecular formula is C37H38F8O2. The third-order valence-electron chi connectivity index (χ3n) is 9.43. The van der Waals surface area contributed by atoms with Crippen LogP contribution in [0.3, 0.4) is 0 Å². The van der Waals surface area contributed by atoms with Crippen molar-refractivity contribution in [2.45, 2.75) is 89.3 Å². The summed E-state index contributed by atoms with van der Waals surface area (Å²) in [4.78, 5) is 0. The molecule has 0 aromatic heterocycles. The maximum absolute atomic E-state index is 15.3. The van der Waals surface area contributed by atoms with Crippen LogP contribution < -0.4 is 4.74 Å². The Morgan fingerprint density at radius 1 is 0.787 bits per heavy atom. The van der Waals surface area contributed by atoms with Gasteiger partial charge in [-0.1, -0.05) is 38.3 Å². The number of rotatable bonds is 11. The van der Waals surface area contributed by atoms with Crippen molar-refractivity contribution in [3.05, 3.63) is 94.6 Å². The van der Waals surface area contributed by atoms with Gasteiger partial charge in [0.25, 0.3) is 0 Å². The van der Waals surface area contributed by atoms with E-state index in [4.69, 9.17) is 4.74 Å². The van der Waals surface area contributed by atoms with Crippen molar-refractivity contribution in [1.82, 2.24) is 0 Å². The fraction of sp³-hybridized carbons (Fsp3) is 0.459. The summed E-state index contributed by atoms with van der Waals surface area (Å²) in [7, 11) is 0. The van der Waals surface area contributed by atoms with Gasteiger partial charge in [-0.05, 0) is 98.1 Å². The maximum Gasteiger partial charge on any atom is 0.419 e. The summed E-state index contributed by atoms with van der Waals surface area (Å²) >= 11 is 0. The molecule has 1 aliphatic carbocycles. The molecule has 0 spiro atoms. The SMILES string of the molecule is CCCCCC1CCC(C2CCC(c3ccc(-c4cc(F)c(C=CC(F)(F)Oc5cc(F)c(F)c(F)c5)c(F)c4)c(F)c3)CC2)OC1. The molecule has 254 valence electrons. The maximum atomic E-state index is 15.3. The van der Waals surface area contributed by atoms with Gasteiger partial charge in [-0.2, -0.15) is 8.78 Å². The molecule has 10 heteroatoms. The first-order valence-electron chi connectivity index (χ1n) is 16.2. The van der Waals surface area contributed by atoms with Crippen molar-refractivity contribution in [2.75, 3.05) is 6.61 Å². The Morgan fingerprint density at radius 2 is 1.47 bits per heavy atom. The van der Waals surface area contributed by atoms with Gasteiger partial charge >= 0.3 is 6.11 Å². The number of unbranched alkanes of at least 4 members (excludes halogenated alkanes) is 2. The summed E-state index contributed by atoms with van der Waals surface area (Å²) in [6, 6.07) is 6.67. The summed E-state index contributed by atoms with van der Waals surface area (Å²) < 4.78 is 124. The van der Waals surface area contributed by atoms with Gasteiger partial charge in [-0.25, -0.2) is 26.3 Å².